The fourth-order valence-corrected chi connectivity index (χ4v) is 5.32. The minimum atomic E-state index is -0.756. The first-order valence-corrected chi connectivity index (χ1v) is 12.2. The largest absolute Gasteiger partial charge is 0.505 e. The summed E-state index contributed by atoms with van der Waals surface area (Å²) >= 11 is 0. The van der Waals surface area contributed by atoms with Crippen LogP contribution >= 0.6 is 0 Å². The normalized spacial score (nSPS) is 18.7. The first-order valence-electron chi connectivity index (χ1n) is 12.2. The highest BCUT2D eigenvalue weighted by molar-refractivity contribution is 5.85. The molecule has 3 aromatic rings. The van der Waals surface area contributed by atoms with Crippen LogP contribution in [-0.4, -0.2) is 84.7 Å². The van der Waals surface area contributed by atoms with Gasteiger partial charge in [0.1, 0.15) is 12.1 Å². The minimum absolute atomic E-state index is 0.0482. The molecule has 0 bridgehead atoms. The third-order valence-corrected chi connectivity index (χ3v) is 7.31. The summed E-state index contributed by atoms with van der Waals surface area (Å²) < 4.78 is 21.8. The number of hydrogen-bond acceptors (Lipinski definition) is 8. The quantitative estimate of drug-likeness (QED) is 0.565. The van der Waals surface area contributed by atoms with Crippen molar-refractivity contribution in [1.82, 2.24) is 29.7 Å². The number of amides is 1. The summed E-state index contributed by atoms with van der Waals surface area (Å²) in [6.45, 7) is 6.67. The first-order chi connectivity index (χ1) is 16.9. The number of hydrogen-bond donors (Lipinski definition) is 2. The molecule has 0 spiro atoms. The van der Waals surface area contributed by atoms with Crippen molar-refractivity contribution in [3.8, 4) is 11.7 Å². The Morgan fingerprint density at radius 3 is 2.54 bits per heavy atom. The molecule has 10 nitrogen and oxygen atoms in total. The lowest BCUT2D eigenvalue weighted by atomic mass is 9.93. The topological polar surface area (TPSA) is 121 Å². The maximum atomic E-state index is 14.9. The molecule has 2 fully saturated rings. The number of likely N-dealkylation sites (tertiary alicyclic amines) is 2. The Labute approximate surface area is 202 Å². The van der Waals surface area contributed by atoms with Crippen molar-refractivity contribution in [2.75, 3.05) is 32.8 Å². The van der Waals surface area contributed by atoms with Gasteiger partial charge in [0.25, 0.3) is 5.95 Å². The van der Waals surface area contributed by atoms with Crippen molar-refractivity contribution >= 4 is 16.8 Å². The maximum absolute atomic E-state index is 14.9. The lowest BCUT2D eigenvalue weighted by Gasteiger charge is -2.41. The van der Waals surface area contributed by atoms with Crippen LogP contribution in [0, 0.1) is 5.82 Å². The smallest absolute Gasteiger partial charge is 0.291 e. The Balaban J connectivity index is 1.28. The van der Waals surface area contributed by atoms with Gasteiger partial charge in [-0.05, 0) is 62.0 Å². The fraction of sp³-hybridized carbons (Fsp3) is 0.583. The predicted molar refractivity (Wildman–Crippen MR) is 125 cm³/mol. The summed E-state index contributed by atoms with van der Waals surface area (Å²) in [6.07, 6.45) is 3.54. The molecule has 2 aliphatic rings. The number of aromatic nitrogens is 4. The molecule has 2 saturated heterocycles. The van der Waals surface area contributed by atoms with E-state index in [1.165, 1.54) is 10.7 Å². The number of halogens is 1. The van der Waals surface area contributed by atoms with Gasteiger partial charge in [0.2, 0.25) is 11.8 Å². The molecule has 0 aliphatic carbocycles. The molecule has 11 heteroatoms. The van der Waals surface area contributed by atoms with Gasteiger partial charge in [0, 0.05) is 30.4 Å². The minimum Gasteiger partial charge on any atom is -0.505 e. The number of phenols is 1. The number of nitrogens with zero attached hydrogens (tertiary/aromatic N) is 6. The standard InChI is InChI=1S/C24H31FN6O4/c1-14(2)21-17-3-4-18(33)20(25)22(17)31(27-21)24-26-23(35-28-24)15-5-9-29(10-6-15)16-7-11-30(12-8-16)19(34)13-32/h3-4,14-16,32-33H,5-13H2,1-2H3. The number of carbonyl (C=O) groups excluding carboxylic acids is 1. The number of phenolic OH excluding ortho intramolecular Hbond substituents is 1. The lowest BCUT2D eigenvalue weighted by molar-refractivity contribution is -0.135. The lowest BCUT2D eigenvalue weighted by Crippen LogP contribution is -2.49. The second-order valence-corrected chi connectivity index (χ2v) is 9.76. The van der Waals surface area contributed by atoms with Gasteiger partial charge in [0.05, 0.1) is 5.69 Å². The molecule has 2 N–H and O–H groups in total. The molecule has 35 heavy (non-hydrogen) atoms. The molecule has 1 aromatic carbocycles. The predicted octanol–water partition coefficient (Wildman–Crippen LogP) is 2.54. The molecule has 5 rings (SSSR count). The van der Waals surface area contributed by atoms with E-state index < -0.39 is 18.2 Å². The molecule has 188 valence electrons. The monoisotopic (exact) mass is 486 g/mol. The van der Waals surface area contributed by atoms with Crippen LogP contribution in [0.5, 0.6) is 5.75 Å². The first kappa shape index (κ1) is 23.7. The van der Waals surface area contributed by atoms with Crippen molar-refractivity contribution in [2.45, 2.75) is 57.4 Å². The highest BCUT2D eigenvalue weighted by Gasteiger charge is 2.32. The van der Waals surface area contributed by atoms with Crippen LogP contribution in [0.2, 0.25) is 0 Å². The Kier molecular flexibility index (Phi) is 6.45. The summed E-state index contributed by atoms with van der Waals surface area (Å²) in [5, 5.41) is 28.2. The van der Waals surface area contributed by atoms with Gasteiger partial charge in [-0.2, -0.15) is 14.8 Å². The van der Waals surface area contributed by atoms with Crippen LogP contribution < -0.4 is 0 Å². The molecule has 0 atom stereocenters. The van der Waals surface area contributed by atoms with Gasteiger partial charge in [-0.3, -0.25) is 4.79 Å². The number of piperidine rings is 2. The molecule has 0 saturated carbocycles. The molecule has 4 heterocycles. The average molecular weight is 487 g/mol. The van der Waals surface area contributed by atoms with E-state index in [0.717, 1.165) is 38.8 Å². The molecule has 1 amide bonds. The van der Waals surface area contributed by atoms with E-state index in [2.05, 4.69) is 20.1 Å². The van der Waals surface area contributed by atoms with E-state index >= 15 is 0 Å². The van der Waals surface area contributed by atoms with Crippen LogP contribution in [0.25, 0.3) is 16.9 Å². The van der Waals surface area contributed by atoms with E-state index in [1.807, 2.05) is 13.8 Å². The number of benzene rings is 1. The molecule has 2 aromatic heterocycles. The van der Waals surface area contributed by atoms with Crippen molar-refractivity contribution < 1.29 is 23.9 Å². The van der Waals surface area contributed by atoms with E-state index in [9.17, 15) is 14.3 Å². The van der Waals surface area contributed by atoms with E-state index in [1.54, 1.807) is 11.0 Å². The second kappa shape index (κ2) is 9.54. The summed E-state index contributed by atoms with van der Waals surface area (Å²) in [7, 11) is 0. The van der Waals surface area contributed by atoms with Gasteiger partial charge in [0.15, 0.2) is 11.6 Å². The van der Waals surface area contributed by atoms with Gasteiger partial charge in [-0.1, -0.05) is 13.8 Å². The zero-order valence-electron chi connectivity index (χ0n) is 20.0. The third kappa shape index (κ3) is 4.38. The SMILES string of the molecule is CC(C)c1nn(-c2noc(C3CCN(C4CCN(C(=O)CO)CC4)CC3)n2)c2c(F)c(O)ccc12. The highest BCUT2D eigenvalue weighted by Crippen LogP contribution is 2.34. The van der Waals surface area contributed by atoms with Crippen LogP contribution in [0.4, 0.5) is 4.39 Å². The van der Waals surface area contributed by atoms with Gasteiger partial charge >= 0.3 is 0 Å². The molecule has 2 aliphatic heterocycles. The number of aliphatic hydroxyl groups excluding tert-OH is 1. The van der Waals surface area contributed by atoms with E-state index in [-0.39, 0.29) is 29.2 Å². The summed E-state index contributed by atoms with van der Waals surface area (Å²) in [5.41, 5.74) is 0.840. The van der Waals surface area contributed by atoms with Crippen molar-refractivity contribution in [2.24, 2.45) is 0 Å². The number of rotatable bonds is 5. The van der Waals surface area contributed by atoms with E-state index in [0.29, 0.717) is 36.1 Å². The van der Waals surface area contributed by atoms with Crippen LogP contribution in [0.1, 0.15) is 63.0 Å². The zero-order chi connectivity index (χ0) is 24.7. The number of fused-ring (bicyclic) bond motifs is 1. The average Bonchev–Trinajstić information content (AvgIpc) is 3.52. The number of aliphatic hydroxyl groups is 1. The molecule has 0 radical (unpaired) electrons. The van der Waals surface area contributed by atoms with Gasteiger partial charge in [-0.25, -0.2) is 4.39 Å². The van der Waals surface area contributed by atoms with Crippen LogP contribution in [-0.2, 0) is 4.79 Å². The van der Waals surface area contributed by atoms with Crippen LogP contribution in [0.3, 0.4) is 0 Å². The van der Waals surface area contributed by atoms with Crippen molar-refractivity contribution in [1.29, 1.82) is 0 Å². The van der Waals surface area contributed by atoms with Crippen molar-refractivity contribution in [3.05, 3.63) is 29.5 Å². The molecular formula is C24H31FN6O4. The summed E-state index contributed by atoms with van der Waals surface area (Å²) in [5.74, 6) is -0.580. The number of aromatic hydroxyl groups is 1. The van der Waals surface area contributed by atoms with Gasteiger partial charge < -0.3 is 24.5 Å². The van der Waals surface area contributed by atoms with Gasteiger partial charge in [-0.15, -0.1) is 0 Å². The third-order valence-electron chi connectivity index (χ3n) is 7.31. The molecule has 0 unspecified atom stereocenters. The van der Waals surface area contributed by atoms with Crippen LogP contribution in [0.15, 0.2) is 16.7 Å². The summed E-state index contributed by atoms with van der Waals surface area (Å²) in [6, 6.07) is 3.42. The highest BCUT2D eigenvalue weighted by atomic mass is 19.1. The van der Waals surface area contributed by atoms with E-state index in [4.69, 9.17) is 9.63 Å². The van der Waals surface area contributed by atoms with Crippen molar-refractivity contribution in [3.63, 3.8) is 0 Å². The Morgan fingerprint density at radius 1 is 1.17 bits per heavy atom. The fourth-order valence-electron chi connectivity index (χ4n) is 5.32. The summed E-state index contributed by atoms with van der Waals surface area (Å²) in [4.78, 5) is 20.5. The Bertz CT molecular complexity index is 1210. The second-order valence-electron chi connectivity index (χ2n) is 9.76. The Hall–Kier alpha value is -3.05. The maximum Gasteiger partial charge on any atom is 0.291 e. The molecular weight excluding hydrogens is 455 g/mol. The zero-order valence-corrected chi connectivity index (χ0v) is 20.0. The Morgan fingerprint density at radius 2 is 1.89 bits per heavy atom. The number of carbonyl (C=O) groups is 1.